The quantitative estimate of drug-likeness (QED) is 0.840. The highest BCUT2D eigenvalue weighted by Crippen LogP contribution is 2.19. The van der Waals surface area contributed by atoms with Gasteiger partial charge in [-0.3, -0.25) is 14.6 Å². The maximum atomic E-state index is 12.0. The Morgan fingerprint density at radius 2 is 2.47 bits per heavy atom. The number of anilines is 1. The fraction of sp³-hybridized carbons (Fsp3) is 0.462. The average Bonchev–Trinajstić information content (AvgIpc) is 2.79. The van der Waals surface area contributed by atoms with E-state index in [1.54, 1.807) is 36.5 Å². The number of likely N-dealkylation sites (tertiary alicyclic amines) is 1. The Labute approximate surface area is 111 Å². The third-order valence-electron chi connectivity index (χ3n) is 3.08. The summed E-state index contributed by atoms with van der Waals surface area (Å²) in [5.41, 5.74) is 0.648. The number of rotatable bonds is 5. The van der Waals surface area contributed by atoms with Crippen LogP contribution in [0.5, 0.6) is 0 Å². The Morgan fingerprint density at radius 3 is 3.16 bits per heavy atom. The van der Waals surface area contributed by atoms with Crippen LogP contribution in [0.25, 0.3) is 0 Å². The molecule has 1 aromatic rings. The molecule has 1 aromatic heterocycles. The molecule has 0 saturated carbocycles. The molecule has 0 aliphatic carbocycles. The van der Waals surface area contributed by atoms with E-state index in [0.29, 0.717) is 25.4 Å². The number of nitrogens with one attached hydrogen (secondary N) is 1. The first kappa shape index (κ1) is 13.5. The fourth-order valence-electron chi connectivity index (χ4n) is 2.05. The molecule has 0 radical (unpaired) electrons. The number of carbonyl (C=O) groups is 2. The lowest BCUT2D eigenvalue weighted by Crippen LogP contribution is -2.30. The maximum Gasteiger partial charge on any atom is 0.229 e. The summed E-state index contributed by atoms with van der Waals surface area (Å²) in [6.07, 6.45) is 3.48. The predicted molar refractivity (Wildman–Crippen MR) is 69.4 cm³/mol. The van der Waals surface area contributed by atoms with E-state index in [1.165, 1.54) is 0 Å². The van der Waals surface area contributed by atoms with Crippen molar-refractivity contribution in [2.45, 2.75) is 6.42 Å². The van der Waals surface area contributed by atoms with Gasteiger partial charge < -0.3 is 15.0 Å². The molecule has 0 aromatic carbocycles. The molecule has 2 heterocycles. The van der Waals surface area contributed by atoms with Crippen LogP contribution in [0.2, 0.25) is 0 Å². The molecule has 6 nitrogen and oxygen atoms in total. The van der Waals surface area contributed by atoms with E-state index in [2.05, 4.69) is 10.3 Å². The number of methoxy groups -OCH3 is 1. The number of amides is 2. The van der Waals surface area contributed by atoms with Crippen molar-refractivity contribution in [3.63, 3.8) is 0 Å². The first-order chi connectivity index (χ1) is 9.20. The molecule has 1 saturated heterocycles. The van der Waals surface area contributed by atoms with E-state index in [1.807, 2.05) is 0 Å². The number of nitrogens with zero attached hydrogens (tertiary/aromatic N) is 2. The lowest BCUT2D eigenvalue weighted by molar-refractivity contribution is -0.128. The maximum absolute atomic E-state index is 12.0. The number of ether oxygens (including phenoxy) is 1. The Hall–Kier alpha value is -1.95. The zero-order valence-electron chi connectivity index (χ0n) is 10.8. The highest BCUT2D eigenvalue weighted by molar-refractivity contribution is 5.97. The van der Waals surface area contributed by atoms with Crippen molar-refractivity contribution in [3.05, 3.63) is 24.5 Å². The van der Waals surface area contributed by atoms with Crippen molar-refractivity contribution >= 4 is 17.5 Å². The summed E-state index contributed by atoms with van der Waals surface area (Å²) in [6, 6.07) is 3.52. The summed E-state index contributed by atoms with van der Waals surface area (Å²) in [6.45, 7) is 1.48. The van der Waals surface area contributed by atoms with Crippen molar-refractivity contribution < 1.29 is 14.3 Å². The number of hydrogen-bond acceptors (Lipinski definition) is 4. The van der Waals surface area contributed by atoms with Crippen LogP contribution >= 0.6 is 0 Å². The third kappa shape index (κ3) is 3.51. The van der Waals surface area contributed by atoms with E-state index < -0.39 is 0 Å². The van der Waals surface area contributed by atoms with Crippen LogP contribution in [0.1, 0.15) is 6.42 Å². The smallest absolute Gasteiger partial charge is 0.229 e. The molecular formula is C13H17N3O3. The third-order valence-corrected chi connectivity index (χ3v) is 3.08. The molecule has 6 heteroatoms. The van der Waals surface area contributed by atoms with Crippen molar-refractivity contribution in [2.24, 2.45) is 5.92 Å². The van der Waals surface area contributed by atoms with Gasteiger partial charge in [0.2, 0.25) is 11.8 Å². The molecule has 1 fully saturated rings. The van der Waals surface area contributed by atoms with Crippen LogP contribution in [0.15, 0.2) is 24.5 Å². The summed E-state index contributed by atoms with van der Waals surface area (Å²) in [5, 5.41) is 2.77. The van der Waals surface area contributed by atoms with Gasteiger partial charge in [0.15, 0.2) is 0 Å². The lowest BCUT2D eigenvalue weighted by atomic mass is 10.1. The minimum absolute atomic E-state index is 0.00314. The first-order valence-electron chi connectivity index (χ1n) is 6.18. The van der Waals surface area contributed by atoms with E-state index in [9.17, 15) is 9.59 Å². The monoisotopic (exact) mass is 263 g/mol. The van der Waals surface area contributed by atoms with Gasteiger partial charge >= 0.3 is 0 Å². The predicted octanol–water partition coefficient (Wildman–Crippen LogP) is 0.515. The molecule has 1 aliphatic rings. The van der Waals surface area contributed by atoms with Gasteiger partial charge in [-0.15, -0.1) is 0 Å². The molecule has 1 atom stereocenters. The largest absolute Gasteiger partial charge is 0.383 e. The summed E-state index contributed by atoms with van der Waals surface area (Å²) in [4.78, 5) is 29.3. The molecule has 102 valence electrons. The van der Waals surface area contributed by atoms with Gasteiger partial charge in [0.05, 0.1) is 24.4 Å². The van der Waals surface area contributed by atoms with Crippen LogP contribution in [0, 0.1) is 5.92 Å². The normalized spacial score (nSPS) is 18.7. The molecule has 1 N–H and O–H groups in total. The zero-order chi connectivity index (χ0) is 13.7. The molecular weight excluding hydrogens is 246 g/mol. The van der Waals surface area contributed by atoms with E-state index >= 15 is 0 Å². The molecule has 19 heavy (non-hydrogen) atoms. The second-order valence-corrected chi connectivity index (χ2v) is 4.46. The lowest BCUT2D eigenvalue weighted by Gasteiger charge is -2.15. The van der Waals surface area contributed by atoms with Crippen LogP contribution in [-0.2, 0) is 14.3 Å². The average molecular weight is 263 g/mol. The molecule has 1 aliphatic heterocycles. The van der Waals surface area contributed by atoms with Gasteiger partial charge in [-0.2, -0.15) is 0 Å². The Bertz CT molecular complexity index is 450. The van der Waals surface area contributed by atoms with Gasteiger partial charge in [0.1, 0.15) is 0 Å². The summed E-state index contributed by atoms with van der Waals surface area (Å²) in [5.74, 6) is -0.436. The summed E-state index contributed by atoms with van der Waals surface area (Å²) < 4.78 is 4.94. The Morgan fingerprint density at radius 1 is 1.63 bits per heavy atom. The second kappa shape index (κ2) is 6.29. The van der Waals surface area contributed by atoms with E-state index in [0.717, 1.165) is 0 Å². The van der Waals surface area contributed by atoms with Gasteiger partial charge in [-0.25, -0.2) is 0 Å². The molecule has 0 bridgehead atoms. The van der Waals surface area contributed by atoms with Gasteiger partial charge in [-0.05, 0) is 12.1 Å². The highest BCUT2D eigenvalue weighted by atomic mass is 16.5. The Kier molecular flexibility index (Phi) is 4.46. The molecule has 0 unspecified atom stereocenters. The summed E-state index contributed by atoms with van der Waals surface area (Å²) in [7, 11) is 1.59. The zero-order valence-corrected chi connectivity index (χ0v) is 10.8. The number of aromatic nitrogens is 1. The van der Waals surface area contributed by atoms with E-state index in [-0.39, 0.29) is 24.2 Å². The van der Waals surface area contributed by atoms with Crippen molar-refractivity contribution in [1.29, 1.82) is 0 Å². The van der Waals surface area contributed by atoms with Crippen LogP contribution in [0.4, 0.5) is 5.69 Å². The van der Waals surface area contributed by atoms with Crippen molar-refractivity contribution in [1.82, 2.24) is 9.88 Å². The highest BCUT2D eigenvalue weighted by Gasteiger charge is 2.33. The minimum Gasteiger partial charge on any atom is -0.383 e. The van der Waals surface area contributed by atoms with Gasteiger partial charge in [-0.1, -0.05) is 0 Å². The summed E-state index contributed by atoms with van der Waals surface area (Å²) >= 11 is 0. The van der Waals surface area contributed by atoms with Crippen LogP contribution in [0.3, 0.4) is 0 Å². The van der Waals surface area contributed by atoms with Gasteiger partial charge in [0, 0.05) is 32.8 Å². The van der Waals surface area contributed by atoms with Crippen LogP contribution in [-0.4, -0.2) is 48.5 Å². The number of pyridine rings is 1. The standard InChI is InChI=1S/C13H17N3O3/c1-19-6-5-16-9-10(7-12(16)17)13(18)15-11-3-2-4-14-8-11/h2-4,8,10H,5-7,9H2,1H3,(H,15,18)/t10-/m0/s1. The molecule has 0 spiro atoms. The number of hydrogen-bond donors (Lipinski definition) is 1. The topological polar surface area (TPSA) is 71.5 Å². The van der Waals surface area contributed by atoms with Crippen molar-refractivity contribution in [2.75, 3.05) is 32.1 Å². The van der Waals surface area contributed by atoms with Crippen LogP contribution < -0.4 is 5.32 Å². The Balaban J connectivity index is 1.89. The first-order valence-corrected chi connectivity index (χ1v) is 6.18. The van der Waals surface area contributed by atoms with Crippen molar-refractivity contribution in [3.8, 4) is 0 Å². The van der Waals surface area contributed by atoms with E-state index in [4.69, 9.17) is 4.74 Å². The fourth-order valence-corrected chi connectivity index (χ4v) is 2.05. The second-order valence-electron chi connectivity index (χ2n) is 4.46. The van der Waals surface area contributed by atoms with Gasteiger partial charge in [0.25, 0.3) is 0 Å². The molecule has 2 amide bonds. The number of carbonyl (C=O) groups excluding carboxylic acids is 2. The SMILES string of the molecule is COCCN1C[C@@H](C(=O)Nc2cccnc2)CC1=O. The minimum atomic E-state index is -0.301. The molecule has 2 rings (SSSR count).